The van der Waals surface area contributed by atoms with Gasteiger partial charge in [0, 0.05) is 23.4 Å². The molecule has 0 saturated heterocycles. The van der Waals surface area contributed by atoms with Crippen LogP contribution in [0.5, 0.6) is 0 Å². The summed E-state index contributed by atoms with van der Waals surface area (Å²) in [5.41, 5.74) is 8.34. The maximum atomic E-state index is 12.9. The van der Waals surface area contributed by atoms with E-state index in [9.17, 15) is 18.5 Å². The molecule has 1 unspecified atom stereocenters. The summed E-state index contributed by atoms with van der Waals surface area (Å²) >= 11 is 0. The van der Waals surface area contributed by atoms with Crippen LogP contribution in [0.4, 0.5) is 5.69 Å². The van der Waals surface area contributed by atoms with Crippen molar-refractivity contribution in [2.75, 3.05) is 4.90 Å². The molecule has 9 heteroatoms. The lowest BCUT2D eigenvalue weighted by atomic mass is 9.77. The third-order valence-electron chi connectivity index (χ3n) is 5.16. The number of nitrogens with two attached hydrogens (primary N) is 2. The van der Waals surface area contributed by atoms with Gasteiger partial charge in [-0.3, -0.25) is 9.69 Å². The minimum Gasteiger partial charge on any atom is -0.468 e. The number of allylic oxidation sites excluding steroid dienone is 3. The number of nitrogens with zero attached hydrogens (tertiary/aromatic N) is 2. The van der Waals surface area contributed by atoms with Crippen molar-refractivity contribution < 1.29 is 17.6 Å². The maximum Gasteiger partial charge on any atom is 0.238 e. The number of sulfonamides is 1. The zero-order chi connectivity index (χ0) is 20.8. The third-order valence-corrected chi connectivity index (χ3v) is 6.09. The molecular formula is C20H18N4O4S. The van der Waals surface area contributed by atoms with Crippen molar-refractivity contribution in [1.29, 1.82) is 5.26 Å². The Hall–Kier alpha value is -3.35. The van der Waals surface area contributed by atoms with Crippen molar-refractivity contribution in [1.82, 2.24) is 0 Å². The van der Waals surface area contributed by atoms with Crippen molar-refractivity contribution in [2.24, 2.45) is 10.9 Å². The predicted octanol–water partition coefficient (Wildman–Crippen LogP) is 2.23. The van der Waals surface area contributed by atoms with Crippen LogP contribution in [0, 0.1) is 11.3 Å². The van der Waals surface area contributed by atoms with E-state index in [2.05, 4.69) is 6.07 Å². The van der Waals surface area contributed by atoms with Crippen LogP contribution >= 0.6 is 0 Å². The Morgan fingerprint density at radius 1 is 1.17 bits per heavy atom. The molecule has 1 atom stereocenters. The van der Waals surface area contributed by atoms with Gasteiger partial charge in [0.05, 0.1) is 28.7 Å². The van der Waals surface area contributed by atoms with Gasteiger partial charge in [0.25, 0.3) is 0 Å². The highest BCUT2D eigenvalue weighted by Crippen LogP contribution is 2.46. The summed E-state index contributed by atoms with van der Waals surface area (Å²) in [5, 5.41) is 15.0. The van der Waals surface area contributed by atoms with Crippen LogP contribution in [0.15, 0.2) is 74.6 Å². The van der Waals surface area contributed by atoms with Gasteiger partial charge in [0.2, 0.25) is 10.0 Å². The number of carbonyl (C=O) groups excluding carboxylic acids is 1. The van der Waals surface area contributed by atoms with Gasteiger partial charge in [-0.1, -0.05) is 0 Å². The number of rotatable bonds is 3. The Labute approximate surface area is 167 Å². The largest absolute Gasteiger partial charge is 0.468 e. The van der Waals surface area contributed by atoms with Crippen LogP contribution in [-0.2, 0) is 14.8 Å². The highest BCUT2D eigenvalue weighted by Gasteiger charge is 2.41. The van der Waals surface area contributed by atoms with Crippen LogP contribution in [0.2, 0.25) is 0 Å². The number of benzene rings is 1. The molecule has 8 nitrogen and oxygen atoms in total. The summed E-state index contributed by atoms with van der Waals surface area (Å²) in [6.07, 6.45) is 3.12. The van der Waals surface area contributed by atoms with Gasteiger partial charge in [0.15, 0.2) is 5.78 Å². The van der Waals surface area contributed by atoms with E-state index in [0.717, 1.165) is 0 Å². The van der Waals surface area contributed by atoms with Crippen molar-refractivity contribution in [2.45, 2.75) is 30.1 Å². The summed E-state index contributed by atoms with van der Waals surface area (Å²) in [5.74, 6) is -0.0426. The third kappa shape index (κ3) is 3.12. The van der Waals surface area contributed by atoms with Gasteiger partial charge in [-0.05, 0) is 49.2 Å². The van der Waals surface area contributed by atoms with Crippen LogP contribution in [0.25, 0.3) is 0 Å². The Balaban J connectivity index is 1.91. The number of Topliss-reactive ketones (excluding diaryl/α,β-unsaturated/α-hetero) is 1. The number of ketones is 1. The molecule has 148 valence electrons. The highest BCUT2D eigenvalue weighted by atomic mass is 32.2. The van der Waals surface area contributed by atoms with Crippen molar-refractivity contribution in [3.63, 3.8) is 0 Å². The van der Waals surface area contributed by atoms with Gasteiger partial charge in [-0.25, -0.2) is 13.6 Å². The van der Waals surface area contributed by atoms with Gasteiger partial charge < -0.3 is 10.2 Å². The van der Waals surface area contributed by atoms with Gasteiger partial charge in [-0.15, -0.1) is 0 Å². The Kier molecular flexibility index (Phi) is 4.53. The molecule has 2 aromatic rings. The molecule has 1 aromatic carbocycles. The number of furan rings is 1. The van der Waals surface area contributed by atoms with Gasteiger partial charge in [-0.2, -0.15) is 5.26 Å². The van der Waals surface area contributed by atoms with E-state index in [-0.39, 0.29) is 22.1 Å². The average Bonchev–Trinajstić information content (AvgIpc) is 3.21. The van der Waals surface area contributed by atoms with E-state index in [0.29, 0.717) is 42.0 Å². The Bertz CT molecular complexity index is 1190. The molecule has 0 radical (unpaired) electrons. The topological polar surface area (TPSA) is 143 Å². The lowest BCUT2D eigenvalue weighted by molar-refractivity contribution is -0.116. The number of carbonyl (C=O) groups is 1. The molecule has 2 heterocycles. The fourth-order valence-corrected chi connectivity index (χ4v) is 4.42. The van der Waals surface area contributed by atoms with Crippen molar-refractivity contribution in [3.8, 4) is 6.07 Å². The lowest BCUT2D eigenvalue weighted by Crippen LogP contribution is -2.38. The molecule has 0 fully saturated rings. The normalized spacial score (nSPS) is 19.9. The number of hydrogen-bond donors (Lipinski definition) is 2. The summed E-state index contributed by atoms with van der Waals surface area (Å²) in [6.45, 7) is 0. The number of primary sulfonamides is 1. The molecule has 1 aliphatic heterocycles. The zero-order valence-electron chi connectivity index (χ0n) is 15.3. The monoisotopic (exact) mass is 410 g/mol. The summed E-state index contributed by atoms with van der Waals surface area (Å²) in [4.78, 5) is 14.5. The number of hydrogen-bond acceptors (Lipinski definition) is 7. The molecule has 0 spiro atoms. The molecule has 1 aromatic heterocycles. The molecule has 1 aliphatic carbocycles. The first-order chi connectivity index (χ1) is 13.8. The van der Waals surface area contributed by atoms with E-state index < -0.39 is 15.9 Å². The van der Waals surface area contributed by atoms with E-state index in [1.807, 2.05) is 0 Å². The molecule has 0 amide bonds. The summed E-state index contributed by atoms with van der Waals surface area (Å²) in [6, 6.07) is 11.4. The smallest absolute Gasteiger partial charge is 0.238 e. The van der Waals surface area contributed by atoms with Gasteiger partial charge in [0.1, 0.15) is 11.6 Å². The molecule has 2 aliphatic rings. The first-order valence-electron chi connectivity index (χ1n) is 8.95. The van der Waals surface area contributed by atoms with Crippen LogP contribution in [0.1, 0.15) is 30.9 Å². The number of anilines is 1. The zero-order valence-corrected chi connectivity index (χ0v) is 16.1. The molecule has 29 heavy (non-hydrogen) atoms. The quantitative estimate of drug-likeness (QED) is 0.789. The first kappa shape index (κ1) is 19.0. The standard InChI is InChI=1S/C20H18N4O4S/c21-11-14-18(17-5-2-10-28-17)19-15(3-1-4-16(19)25)24(20(14)22)12-6-8-13(9-7-12)29(23,26)27/h2,5-10,18H,1,3-4,22H2,(H2,23,26,27). The number of nitriles is 1. The predicted molar refractivity (Wildman–Crippen MR) is 104 cm³/mol. The van der Waals surface area contributed by atoms with Crippen molar-refractivity contribution in [3.05, 3.63) is 71.1 Å². The maximum absolute atomic E-state index is 12.9. The molecule has 4 N–H and O–H groups in total. The molecule has 4 rings (SSSR count). The highest BCUT2D eigenvalue weighted by molar-refractivity contribution is 7.89. The summed E-state index contributed by atoms with van der Waals surface area (Å²) in [7, 11) is -3.84. The van der Waals surface area contributed by atoms with E-state index >= 15 is 0 Å². The Morgan fingerprint density at radius 3 is 2.48 bits per heavy atom. The fraction of sp³-hybridized carbons (Fsp3) is 0.200. The van der Waals surface area contributed by atoms with Gasteiger partial charge >= 0.3 is 0 Å². The van der Waals surface area contributed by atoms with Crippen molar-refractivity contribution >= 4 is 21.5 Å². The minimum absolute atomic E-state index is 0.0382. The fourth-order valence-electron chi connectivity index (χ4n) is 3.91. The summed E-state index contributed by atoms with van der Waals surface area (Å²) < 4.78 is 28.6. The molecule has 0 bridgehead atoms. The first-order valence-corrected chi connectivity index (χ1v) is 10.5. The molecule has 0 saturated carbocycles. The minimum atomic E-state index is -3.84. The van der Waals surface area contributed by atoms with E-state index in [1.165, 1.54) is 18.4 Å². The SMILES string of the molecule is N#CC1=C(N)N(c2ccc(S(N)(=O)=O)cc2)C2=C(C(=O)CCC2)C1c1ccco1. The average molecular weight is 410 g/mol. The van der Waals surface area contributed by atoms with E-state index in [1.54, 1.807) is 29.2 Å². The second-order valence-electron chi connectivity index (χ2n) is 6.87. The second-order valence-corrected chi connectivity index (χ2v) is 8.43. The van der Waals surface area contributed by atoms with Crippen LogP contribution in [0.3, 0.4) is 0 Å². The Morgan fingerprint density at radius 2 is 1.90 bits per heavy atom. The van der Waals surface area contributed by atoms with Crippen LogP contribution in [-0.4, -0.2) is 14.2 Å². The van der Waals surface area contributed by atoms with Crippen LogP contribution < -0.4 is 15.8 Å². The molecular weight excluding hydrogens is 392 g/mol. The lowest BCUT2D eigenvalue weighted by Gasteiger charge is -2.39. The van der Waals surface area contributed by atoms with E-state index in [4.69, 9.17) is 15.3 Å². The second kappa shape index (κ2) is 6.92.